The highest BCUT2D eigenvalue weighted by molar-refractivity contribution is 7.15. The molecule has 1 fully saturated rings. The van der Waals surface area contributed by atoms with Crippen LogP contribution in [0.3, 0.4) is 0 Å². The first-order chi connectivity index (χ1) is 10.1. The van der Waals surface area contributed by atoms with E-state index in [0.29, 0.717) is 36.0 Å². The van der Waals surface area contributed by atoms with Crippen molar-refractivity contribution < 1.29 is 22.7 Å². The number of hydrogen-bond donors (Lipinski definition) is 1. The summed E-state index contributed by atoms with van der Waals surface area (Å²) in [5.74, 6) is 0. The fourth-order valence-electron chi connectivity index (χ4n) is 1.54. The van der Waals surface area contributed by atoms with Crippen LogP contribution in [0.15, 0.2) is 6.20 Å². The highest BCUT2D eigenvalue weighted by atomic mass is 32.1. The fraction of sp³-hybridized carbons (Fsp3) is 0.692. The van der Waals surface area contributed by atoms with Crippen LogP contribution in [0, 0.1) is 0 Å². The molecule has 0 aromatic carbocycles. The Labute approximate surface area is 131 Å². The van der Waals surface area contributed by atoms with E-state index in [1.54, 1.807) is 0 Å². The molecular formula is C13H20F3N3O2S. The normalized spacial score (nSPS) is 15.8. The van der Waals surface area contributed by atoms with Crippen LogP contribution in [0.2, 0.25) is 0 Å². The van der Waals surface area contributed by atoms with Crippen molar-refractivity contribution in [3.8, 4) is 0 Å². The third kappa shape index (κ3) is 6.61. The summed E-state index contributed by atoms with van der Waals surface area (Å²) in [7, 11) is 0. The van der Waals surface area contributed by atoms with E-state index < -0.39 is 11.1 Å². The number of nitrogens with zero attached hydrogens (tertiary/aromatic N) is 2. The predicted octanol–water partition coefficient (Wildman–Crippen LogP) is 2.53. The quantitative estimate of drug-likeness (QED) is 0.839. The Bertz CT molecular complexity index is 466. The molecule has 2 rings (SSSR count). The Morgan fingerprint density at radius 1 is 1.32 bits per heavy atom. The number of aromatic nitrogens is 1. The van der Waals surface area contributed by atoms with Crippen LogP contribution >= 0.6 is 11.3 Å². The van der Waals surface area contributed by atoms with Gasteiger partial charge in [-0.2, -0.15) is 13.2 Å². The molecule has 0 saturated carbocycles. The van der Waals surface area contributed by atoms with Gasteiger partial charge in [-0.1, -0.05) is 11.3 Å². The first kappa shape index (κ1) is 18.7. The second-order valence-corrected chi connectivity index (χ2v) is 6.58. The Morgan fingerprint density at radius 3 is 2.27 bits per heavy atom. The van der Waals surface area contributed by atoms with Gasteiger partial charge in [0.1, 0.15) is 10.5 Å². The number of hydrogen-bond acceptors (Lipinski definition) is 6. The Hall–Kier alpha value is -1.35. The number of nitrogens with one attached hydrogen (secondary N) is 1. The van der Waals surface area contributed by atoms with E-state index in [4.69, 9.17) is 0 Å². The van der Waals surface area contributed by atoms with Crippen molar-refractivity contribution in [2.45, 2.75) is 32.5 Å². The molecule has 9 heteroatoms. The number of alkyl halides is 3. The molecule has 0 radical (unpaired) electrons. The van der Waals surface area contributed by atoms with Crippen molar-refractivity contribution in [1.29, 1.82) is 0 Å². The third-order valence-corrected chi connectivity index (χ3v) is 3.67. The van der Waals surface area contributed by atoms with Crippen LogP contribution in [-0.2, 0) is 15.7 Å². The SMILES string of the molecule is CC(C)(C)OC=O.FC(F)(F)c1cnc(N2CCNCC2)s1. The third-order valence-electron chi connectivity index (χ3n) is 2.56. The van der Waals surface area contributed by atoms with Gasteiger partial charge in [0, 0.05) is 26.2 Å². The van der Waals surface area contributed by atoms with E-state index in [0.717, 1.165) is 19.3 Å². The smallest absolute Gasteiger partial charge is 0.427 e. The van der Waals surface area contributed by atoms with Crippen LogP contribution < -0.4 is 10.2 Å². The molecule has 0 amide bonds. The van der Waals surface area contributed by atoms with Gasteiger partial charge in [-0.15, -0.1) is 0 Å². The molecule has 0 spiro atoms. The average Bonchev–Trinajstić information content (AvgIpc) is 2.88. The van der Waals surface area contributed by atoms with Crippen molar-refractivity contribution >= 4 is 22.9 Å². The molecule has 0 bridgehead atoms. The van der Waals surface area contributed by atoms with E-state index >= 15 is 0 Å². The molecule has 1 aliphatic heterocycles. The highest BCUT2D eigenvalue weighted by Gasteiger charge is 2.34. The first-order valence-electron chi connectivity index (χ1n) is 6.73. The van der Waals surface area contributed by atoms with Gasteiger partial charge < -0.3 is 15.0 Å². The van der Waals surface area contributed by atoms with Crippen molar-refractivity contribution in [2.24, 2.45) is 0 Å². The summed E-state index contributed by atoms with van der Waals surface area (Å²) in [6, 6.07) is 0. The summed E-state index contributed by atoms with van der Waals surface area (Å²) in [5, 5.41) is 3.60. The lowest BCUT2D eigenvalue weighted by molar-refractivity contribution is -0.138. The molecule has 0 atom stereocenters. The molecular weight excluding hydrogens is 319 g/mol. The number of carbonyl (C=O) groups excluding carboxylic acids is 1. The van der Waals surface area contributed by atoms with Crippen molar-refractivity contribution in [1.82, 2.24) is 10.3 Å². The van der Waals surface area contributed by atoms with Crippen LogP contribution in [-0.4, -0.2) is 43.2 Å². The van der Waals surface area contributed by atoms with Gasteiger partial charge in [-0.25, -0.2) is 4.98 Å². The lowest BCUT2D eigenvalue weighted by atomic mass is 10.2. The van der Waals surface area contributed by atoms with Crippen LogP contribution in [0.5, 0.6) is 0 Å². The number of piperazine rings is 1. The van der Waals surface area contributed by atoms with Crippen molar-refractivity contribution in [3.05, 3.63) is 11.1 Å². The van der Waals surface area contributed by atoms with Gasteiger partial charge in [0.25, 0.3) is 6.47 Å². The lowest BCUT2D eigenvalue weighted by Crippen LogP contribution is -2.43. The Morgan fingerprint density at radius 2 is 1.91 bits per heavy atom. The largest absolute Gasteiger partial charge is 0.462 e. The zero-order valence-electron chi connectivity index (χ0n) is 12.7. The minimum absolute atomic E-state index is 0.318. The Kier molecular flexibility index (Phi) is 6.61. The zero-order chi connectivity index (χ0) is 16.8. The van der Waals surface area contributed by atoms with E-state index in [1.165, 1.54) is 0 Å². The number of carbonyl (C=O) groups is 1. The average molecular weight is 339 g/mol. The van der Waals surface area contributed by atoms with Gasteiger partial charge in [0.05, 0.1) is 6.20 Å². The summed E-state index contributed by atoms with van der Waals surface area (Å²) < 4.78 is 41.5. The maximum absolute atomic E-state index is 12.3. The molecule has 2 heterocycles. The van der Waals surface area contributed by atoms with Crippen LogP contribution in [0.4, 0.5) is 18.3 Å². The summed E-state index contributed by atoms with van der Waals surface area (Å²) in [4.78, 5) is 14.6. The monoisotopic (exact) mass is 339 g/mol. The summed E-state index contributed by atoms with van der Waals surface area (Å²) in [6.07, 6.45) is -3.37. The molecule has 1 aromatic rings. The molecule has 1 aromatic heterocycles. The summed E-state index contributed by atoms with van der Waals surface area (Å²) in [6.45, 7) is 8.93. The van der Waals surface area contributed by atoms with Gasteiger partial charge in [0.2, 0.25) is 0 Å². The van der Waals surface area contributed by atoms with Crippen LogP contribution in [0.1, 0.15) is 25.6 Å². The maximum Gasteiger partial charge on any atom is 0.427 e. The van der Waals surface area contributed by atoms with Crippen molar-refractivity contribution in [2.75, 3.05) is 31.1 Å². The van der Waals surface area contributed by atoms with Crippen molar-refractivity contribution in [3.63, 3.8) is 0 Å². The van der Waals surface area contributed by atoms with E-state index in [9.17, 15) is 18.0 Å². The predicted molar refractivity (Wildman–Crippen MR) is 79.1 cm³/mol. The van der Waals surface area contributed by atoms with Crippen LogP contribution in [0.25, 0.3) is 0 Å². The van der Waals surface area contributed by atoms with Gasteiger partial charge >= 0.3 is 6.18 Å². The second kappa shape index (κ2) is 7.77. The number of rotatable bonds is 2. The molecule has 1 N–H and O–H groups in total. The zero-order valence-corrected chi connectivity index (χ0v) is 13.6. The van der Waals surface area contributed by atoms with Gasteiger partial charge in [-0.05, 0) is 20.8 Å². The molecule has 126 valence electrons. The minimum atomic E-state index is -4.27. The number of anilines is 1. The topological polar surface area (TPSA) is 54.5 Å². The number of halogens is 3. The molecule has 1 aliphatic rings. The highest BCUT2D eigenvalue weighted by Crippen LogP contribution is 2.36. The number of thiazole rings is 1. The minimum Gasteiger partial charge on any atom is -0.462 e. The Balaban J connectivity index is 0.000000295. The molecule has 5 nitrogen and oxygen atoms in total. The second-order valence-electron chi connectivity index (χ2n) is 5.57. The van der Waals surface area contributed by atoms with Gasteiger partial charge in [-0.3, -0.25) is 4.79 Å². The molecule has 0 unspecified atom stereocenters. The van der Waals surface area contributed by atoms with E-state index in [-0.39, 0.29) is 5.60 Å². The summed E-state index contributed by atoms with van der Waals surface area (Å²) in [5.41, 5.74) is -0.318. The molecule has 0 aliphatic carbocycles. The van der Waals surface area contributed by atoms with E-state index in [1.807, 2.05) is 25.7 Å². The fourth-order valence-corrected chi connectivity index (χ4v) is 2.38. The van der Waals surface area contributed by atoms with Gasteiger partial charge in [0.15, 0.2) is 5.13 Å². The maximum atomic E-state index is 12.3. The number of ether oxygens (including phenoxy) is 1. The standard InChI is InChI=1S/C8H10F3N3S.C5H10O2/c9-8(10,11)6-5-13-7(15-6)14-3-1-12-2-4-14;1-5(2,3)7-4-6/h5,12H,1-4H2;4H,1-3H3. The molecule has 22 heavy (non-hydrogen) atoms. The summed E-state index contributed by atoms with van der Waals surface area (Å²) >= 11 is 0.708. The van der Waals surface area contributed by atoms with E-state index in [2.05, 4.69) is 15.0 Å². The molecule has 1 saturated heterocycles. The first-order valence-corrected chi connectivity index (χ1v) is 7.55. The lowest BCUT2D eigenvalue weighted by Gasteiger charge is -2.26.